The van der Waals surface area contributed by atoms with Crippen LogP contribution in [-0.4, -0.2) is 11.1 Å². The number of hydrogen-bond acceptors (Lipinski definition) is 1. The van der Waals surface area contributed by atoms with Crippen molar-refractivity contribution in [2.45, 2.75) is 39.0 Å². The summed E-state index contributed by atoms with van der Waals surface area (Å²) in [5.41, 5.74) is 6.43. The van der Waals surface area contributed by atoms with Gasteiger partial charge in [0.15, 0.2) is 0 Å². The van der Waals surface area contributed by atoms with Crippen molar-refractivity contribution < 1.29 is 9.90 Å². The second-order valence-corrected chi connectivity index (χ2v) is 5.38. The quantitative estimate of drug-likeness (QED) is 0.830. The van der Waals surface area contributed by atoms with Crippen LogP contribution < -0.4 is 0 Å². The van der Waals surface area contributed by atoms with Gasteiger partial charge < -0.3 is 5.11 Å². The summed E-state index contributed by atoms with van der Waals surface area (Å²) >= 11 is 0. The molecule has 0 aliphatic heterocycles. The Kier molecular flexibility index (Phi) is 5.15. The van der Waals surface area contributed by atoms with E-state index in [1.807, 2.05) is 13.0 Å². The van der Waals surface area contributed by atoms with Crippen molar-refractivity contribution in [1.29, 1.82) is 0 Å². The van der Waals surface area contributed by atoms with Crippen LogP contribution in [0, 0.1) is 0 Å². The molecule has 0 spiro atoms. The Morgan fingerprint density at radius 3 is 2.86 bits per heavy atom. The first kappa shape index (κ1) is 15.3. The van der Waals surface area contributed by atoms with Crippen LogP contribution >= 0.6 is 0 Å². The zero-order valence-electron chi connectivity index (χ0n) is 12.6. The summed E-state index contributed by atoms with van der Waals surface area (Å²) in [5.74, 6) is -0.721. The summed E-state index contributed by atoms with van der Waals surface area (Å²) < 4.78 is 0. The van der Waals surface area contributed by atoms with E-state index in [9.17, 15) is 4.79 Å². The molecule has 2 nitrogen and oxygen atoms in total. The molecule has 110 valence electrons. The number of carboxylic acids is 1. The monoisotopic (exact) mass is 282 g/mol. The lowest BCUT2D eigenvalue weighted by Gasteiger charge is -2.21. The smallest absolute Gasteiger partial charge is 0.303 e. The lowest BCUT2D eigenvalue weighted by molar-refractivity contribution is -0.137. The molecular weight excluding hydrogens is 260 g/mol. The highest BCUT2D eigenvalue weighted by Crippen LogP contribution is 2.33. The Hall–Kier alpha value is -2.09. The molecule has 1 aliphatic carbocycles. The fraction of sp³-hybridized carbons (Fsp3) is 0.316. The minimum Gasteiger partial charge on any atom is -0.481 e. The lowest BCUT2D eigenvalue weighted by atomic mass is 9.84. The van der Waals surface area contributed by atoms with Crippen LogP contribution in [0.1, 0.15) is 42.9 Å². The molecule has 21 heavy (non-hydrogen) atoms. The standard InChI is InChI=1S/C19H22O2/c1-3-6-15-10-11-16-13-14(7-5-8-19(20)21)9-12-18(16)17(15)4-2/h3-4,6,9,12-13H,2,5,7-8,10-11H2,1H3,(H,20,21)/b6-3-. The van der Waals surface area contributed by atoms with E-state index in [-0.39, 0.29) is 6.42 Å². The van der Waals surface area contributed by atoms with Gasteiger partial charge in [0, 0.05) is 6.42 Å². The number of benzene rings is 1. The second-order valence-electron chi connectivity index (χ2n) is 5.38. The Labute approximate surface area is 126 Å². The summed E-state index contributed by atoms with van der Waals surface area (Å²) in [4.78, 5) is 10.6. The number of hydrogen-bond donors (Lipinski definition) is 1. The van der Waals surface area contributed by atoms with Gasteiger partial charge in [-0.25, -0.2) is 0 Å². The maximum absolute atomic E-state index is 10.6. The highest BCUT2D eigenvalue weighted by molar-refractivity contribution is 5.81. The highest BCUT2D eigenvalue weighted by atomic mass is 16.4. The largest absolute Gasteiger partial charge is 0.481 e. The molecule has 2 rings (SSSR count). The van der Waals surface area contributed by atoms with Crippen molar-refractivity contribution in [3.05, 3.63) is 65.3 Å². The third-order valence-electron chi connectivity index (χ3n) is 3.90. The molecule has 0 saturated carbocycles. The van der Waals surface area contributed by atoms with E-state index in [1.165, 1.54) is 27.8 Å². The highest BCUT2D eigenvalue weighted by Gasteiger charge is 2.15. The zero-order valence-corrected chi connectivity index (χ0v) is 12.6. The molecule has 0 bridgehead atoms. The van der Waals surface area contributed by atoms with Gasteiger partial charge in [0.2, 0.25) is 0 Å². The normalized spacial score (nSPS) is 14.3. The van der Waals surface area contributed by atoms with E-state index in [2.05, 4.69) is 36.9 Å². The fourth-order valence-corrected chi connectivity index (χ4v) is 2.91. The van der Waals surface area contributed by atoms with E-state index in [1.54, 1.807) is 0 Å². The van der Waals surface area contributed by atoms with Crippen molar-refractivity contribution in [3.63, 3.8) is 0 Å². The zero-order chi connectivity index (χ0) is 15.2. The fourth-order valence-electron chi connectivity index (χ4n) is 2.91. The molecule has 2 heteroatoms. The first-order valence-electron chi connectivity index (χ1n) is 7.48. The number of carbonyl (C=O) groups is 1. The van der Waals surface area contributed by atoms with Crippen LogP contribution in [0.3, 0.4) is 0 Å². The molecule has 0 aromatic heterocycles. The van der Waals surface area contributed by atoms with E-state index >= 15 is 0 Å². The summed E-state index contributed by atoms with van der Waals surface area (Å²) in [5, 5.41) is 8.71. The van der Waals surface area contributed by atoms with Crippen LogP contribution in [0.2, 0.25) is 0 Å². The molecule has 0 saturated heterocycles. The molecule has 0 amide bonds. The van der Waals surface area contributed by atoms with Crippen LogP contribution in [0.4, 0.5) is 0 Å². The van der Waals surface area contributed by atoms with Gasteiger partial charge in [-0.15, -0.1) is 0 Å². The number of rotatable bonds is 6. The summed E-state index contributed by atoms with van der Waals surface area (Å²) in [6, 6.07) is 6.50. The van der Waals surface area contributed by atoms with Gasteiger partial charge in [-0.3, -0.25) is 4.79 Å². The van der Waals surface area contributed by atoms with E-state index in [4.69, 9.17) is 5.11 Å². The Bertz CT molecular complexity index is 606. The average Bonchev–Trinajstić information content (AvgIpc) is 2.47. The number of allylic oxidation sites excluding steroid dienone is 5. The van der Waals surface area contributed by atoms with Gasteiger partial charge in [-0.2, -0.15) is 0 Å². The molecule has 1 aromatic carbocycles. The van der Waals surface area contributed by atoms with E-state index in [0.29, 0.717) is 6.42 Å². The molecular formula is C19H22O2. The average molecular weight is 282 g/mol. The van der Waals surface area contributed by atoms with Crippen LogP contribution in [0.25, 0.3) is 5.57 Å². The Morgan fingerprint density at radius 1 is 1.38 bits per heavy atom. The van der Waals surface area contributed by atoms with E-state index < -0.39 is 5.97 Å². The molecule has 0 atom stereocenters. The summed E-state index contributed by atoms with van der Waals surface area (Å²) in [6.07, 6.45) is 10.0. The molecule has 1 aliphatic rings. The van der Waals surface area contributed by atoms with Crippen molar-refractivity contribution in [2.24, 2.45) is 0 Å². The van der Waals surface area contributed by atoms with Gasteiger partial charge in [0.05, 0.1) is 0 Å². The van der Waals surface area contributed by atoms with Crippen molar-refractivity contribution >= 4 is 11.5 Å². The number of aliphatic carboxylic acids is 1. The minimum absolute atomic E-state index is 0.236. The number of carboxylic acid groups (broad SMARTS) is 1. The molecule has 1 N–H and O–H groups in total. The van der Waals surface area contributed by atoms with Gasteiger partial charge in [0.25, 0.3) is 0 Å². The van der Waals surface area contributed by atoms with Crippen LogP contribution in [0.5, 0.6) is 0 Å². The van der Waals surface area contributed by atoms with Crippen LogP contribution in [0.15, 0.2) is 48.6 Å². The lowest BCUT2D eigenvalue weighted by Crippen LogP contribution is -2.04. The van der Waals surface area contributed by atoms with Gasteiger partial charge >= 0.3 is 5.97 Å². The maximum atomic E-state index is 10.6. The molecule has 0 heterocycles. The molecule has 0 fully saturated rings. The van der Waals surface area contributed by atoms with Crippen molar-refractivity contribution in [2.75, 3.05) is 0 Å². The third kappa shape index (κ3) is 3.72. The predicted molar refractivity (Wildman–Crippen MR) is 87.3 cm³/mol. The second kappa shape index (κ2) is 7.07. The topological polar surface area (TPSA) is 37.3 Å². The van der Waals surface area contributed by atoms with E-state index in [0.717, 1.165) is 19.3 Å². The Balaban J connectivity index is 2.23. The third-order valence-corrected chi connectivity index (χ3v) is 3.90. The maximum Gasteiger partial charge on any atom is 0.303 e. The number of fused-ring (bicyclic) bond motifs is 1. The molecule has 0 unspecified atom stereocenters. The van der Waals surface area contributed by atoms with Crippen LogP contribution in [-0.2, 0) is 17.6 Å². The molecule has 0 radical (unpaired) electrons. The Morgan fingerprint density at radius 2 is 2.19 bits per heavy atom. The van der Waals surface area contributed by atoms with Gasteiger partial charge in [-0.1, -0.05) is 43.0 Å². The minimum atomic E-state index is -0.721. The first-order chi connectivity index (χ1) is 10.2. The molecule has 1 aromatic rings. The summed E-state index contributed by atoms with van der Waals surface area (Å²) in [6.45, 7) is 5.99. The number of aryl methyl sites for hydroxylation is 2. The van der Waals surface area contributed by atoms with Crippen molar-refractivity contribution in [1.82, 2.24) is 0 Å². The van der Waals surface area contributed by atoms with Crippen molar-refractivity contribution in [3.8, 4) is 0 Å². The predicted octanol–water partition coefficient (Wildman–Crippen LogP) is 4.56. The first-order valence-corrected chi connectivity index (χ1v) is 7.48. The SMILES string of the molecule is C=CC1=C(/C=C\C)CCc2cc(CCCC(=O)O)ccc21. The van der Waals surface area contributed by atoms with Gasteiger partial charge in [0.1, 0.15) is 0 Å². The summed E-state index contributed by atoms with van der Waals surface area (Å²) in [7, 11) is 0. The van der Waals surface area contributed by atoms with Gasteiger partial charge in [-0.05, 0) is 60.4 Å².